The molecule has 0 aromatic heterocycles. The molecule has 1 heterocycles. The van der Waals surface area contributed by atoms with Gasteiger partial charge in [0.25, 0.3) is 17.5 Å². The van der Waals surface area contributed by atoms with Crippen molar-refractivity contribution in [2.45, 2.75) is 12.8 Å². The summed E-state index contributed by atoms with van der Waals surface area (Å²) in [5, 5.41) is 16.0. The lowest BCUT2D eigenvalue weighted by molar-refractivity contribution is -0.384. The van der Waals surface area contributed by atoms with Crippen LogP contribution in [-0.2, 0) is 9.59 Å². The fraction of sp³-hybridized carbons (Fsp3) is 0.353. The van der Waals surface area contributed by atoms with Crippen molar-refractivity contribution in [3.8, 4) is 0 Å². The summed E-state index contributed by atoms with van der Waals surface area (Å²) in [4.78, 5) is 35.6. The normalized spacial score (nSPS) is 30.4. The summed E-state index contributed by atoms with van der Waals surface area (Å²) in [6.07, 6.45) is 7.12. The number of carbonyl (C=O) groups excluding carboxylic acids is 2. The van der Waals surface area contributed by atoms with Crippen LogP contribution in [0.1, 0.15) is 18.4 Å². The molecule has 4 aliphatic rings. The smallest absolute Gasteiger partial charge is 0.270 e. The molecule has 1 aromatic carbocycles. The Hall–Kier alpha value is -2.54. The zero-order valence-electron chi connectivity index (χ0n) is 13.0. The number of rotatable bonds is 3. The number of hydrogen-bond acceptors (Lipinski definition) is 5. The van der Waals surface area contributed by atoms with Crippen molar-refractivity contribution in [3.63, 3.8) is 0 Å². The van der Waals surface area contributed by atoms with Crippen LogP contribution >= 0.6 is 11.6 Å². The molecule has 1 saturated carbocycles. The van der Waals surface area contributed by atoms with Gasteiger partial charge in [0, 0.05) is 22.7 Å². The number of amides is 2. The second-order valence-electron chi connectivity index (χ2n) is 6.54. The average Bonchev–Trinajstić information content (AvgIpc) is 2.88. The maximum absolute atomic E-state index is 12.6. The number of nitro groups is 1. The van der Waals surface area contributed by atoms with Crippen molar-refractivity contribution in [1.29, 1.82) is 0 Å². The molecule has 0 spiro atoms. The summed E-state index contributed by atoms with van der Waals surface area (Å²) in [6, 6.07) is 3.93. The van der Waals surface area contributed by atoms with Crippen LogP contribution in [0.3, 0.4) is 0 Å². The summed E-state index contributed by atoms with van der Waals surface area (Å²) in [7, 11) is 0. The van der Waals surface area contributed by atoms with E-state index in [0.717, 1.165) is 17.9 Å². The molecule has 1 aliphatic heterocycles. The van der Waals surface area contributed by atoms with Gasteiger partial charge in [0.2, 0.25) is 0 Å². The van der Waals surface area contributed by atoms with Crippen LogP contribution in [-0.4, -0.2) is 28.0 Å². The lowest BCUT2D eigenvalue weighted by Gasteiger charge is -2.37. The number of halogens is 1. The van der Waals surface area contributed by atoms with E-state index < -0.39 is 4.92 Å². The second kappa shape index (κ2) is 5.77. The van der Waals surface area contributed by atoms with Crippen molar-refractivity contribution in [3.05, 3.63) is 51.1 Å². The molecule has 2 fully saturated rings. The number of allylic oxidation sites excluding steroid dienone is 2. The molecule has 7 nitrogen and oxygen atoms in total. The highest BCUT2D eigenvalue weighted by Gasteiger charge is 2.56. The predicted octanol–water partition coefficient (Wildman–Crippen LogP) is 2.78. The van der Waals surface area contributed by atoms with Gasteiger partial charge < -0.3 is 0 Å². The van der Waals surface area contributed by atoms with E-state index in [4.69, 9.17) is 11.6 Å². The van der Waals surface area contributed by atoms with E-state index in [1.807, 2.05) is 12.2 Å². The molecule has 5 rings (SSSR count). The third-order valence-corrected chi connectivity index (χ3v) is 5.58. The van der Waals surface area contributed by atoms with Crippen LogP contribution in [0.2, 0.25) is 5.02 Å². The summed E-state index contributed by atoms with van der Waals surface area (Å²) in [5.41, 5.74) is 0.147. The summed E-state index contributed by atoms with van der Waals surface area (Å²) >= 11 is 6.03. The quantitative estimate of drug-likeness (QED) is 0.273. The predicted molar refractivity (Wildman–Crippen MR) is 89.9 cm³/mol. The van der Waals surface area contributed by atoms with Crippen LogP contribution in [0.4, 0.5) is 5.69 Å². The maximum Gasteiger partial charge on any atom is 0.270 e. The number of nitrogens with zero attached hydrogens (tertiary/aromatic N) is 3. The van der Waals surface area contributed by atoms with Gasteiger partial charge in [-0.2, -0.15) is 10.1 Å². The molecular weight excluding hydrogens is 346 g/mol. The summed E-state index contributed by atoms with van der Waals surface area (Å²) in [5.74, 6) is -1.09. The zero-order valence-corrected chi connectivity index (χ0v) is 13.8. The average molecular weight is 360 g/mol. The summed E-state index contributed by atoms with van der Waals surface area (Å²) < 4.78 is 0. The standard InChI is InChI=1S/C17H14ClN3O4/c18-13-6-5-12(21(24)25)7-11(13)8-19-20-16(22)14-9-1-2-10(4-3-9)15(14)17(20)23/h1-2,5-10,14-15H,3-4H2/b19-8-/t9-,10-,14-,15+/m0/s1. The fourth-order valence-electron chi connectivity index (χ4n) is 4.04. The SMILES string of the molecule is O=C1[C@@H]2[C@H](C(=O)N1/N=C\c1cc([N+](=O)[O-])ccc1Cl)[C@H]1C=C[C@H]2CC1. The van der Waals surface area contributed by atoms with Gasteiger partial charge in [-0.15, -0.1) is 0 Å². The highest BCUT2D eigenvalue weighted by Crippen LogP contribution is 2.49. The Kier molecular flexibility index (Phi) is 3.68. The van der Waals surface area contributed by atoms with Gasteiger partial charge in [-0.05, 0) is 30.7 Å². The minimum absolute atomic E-state index is 0.0908. The molecule has 4 atom stereocenters. The van der Waals surface area contributed by atoms with Crippen LogP contribution in [0.25, 0.3) is 0 Å². The van der Waals surface area contributed by atoms with Crippen molar-refractivity contribution >= 4 is 35.3 Å². The Morgan fingerprint density at radius 2 is 1.76 bits per heavy atom. The third-order valence-electron chi connectivity index (χ3n) is 5.24. The van der Waals surface area contributed by atoms with E-state index in [2.05, 4.69) is 5.10 Å². The van der Waals surface area contributed by atoms with Crippen molar-refractivity contribution in [1.82, 2.24) is 5.01 Å². The molecule has 0 unspecified atom stereocenters. The Labute approximate surface area is 148 Å². The van der Waals surface area contributed by atoms with E-state index in [-0.39, 0.29) is 51.8 Å². The maximum atomic E-state index is 12.6. The number of hydrazone groups is 1. The zero-order chi connectivity index (χ0) is 17.7. The molecule has 3 aliphatic carbocycles. The van der Waals surface area contributed by atoms with Crippen molar-refractivity contribution in [2.24, 2.45) is 28.8 Å². The largest absolute Gasteiger partial charge is 0.272 e. The number of fused-ring (bicyclic) bond motifs is 1. The highest BCUT2D eigenvalue weighted by molar-refractivity contribution is 6.33. The molecule has 1 aromatic rings. The van der Waals surface area contributed by atoms with Crippen LogP contribution in [0, 0.1) is 33.8 Å². The number of nitro benzene ring substituents is 1. The van der Waals surface area contributed by atoms with Gasteiger partial charge in [-0.25, -0.2) is 0 Å². The third kappa shape index (κ3) is 2.46. The minimum atomic E-state index is -0.544. The molecule has 2 bridgehead atoms. The first kappa shape index (κ1) is 16.0. The fourth-order valence-corrected chi connectivity index (χ4v) is 4.20. The number of imide groups is 1. The van der Waals surface area contributed by atoms with Gasteiger partial charge in [-0.1, -0.05) is 23.8 Å². The van der Waals surface area contributed by atoms with Crippen LogP contribution in [0.15, 0.2) is 35.5 Å². The van der Waals surface area contributed by atoms with E-state index in [1.165, 1.54) is 24.4 Å². The second-order valence-corrected chi connectivity index (χ2v) is 6.94. The van der Waals surface area contributed by atoms with Crippen LogP contribution in [0.5, 0.6) is 0 Å². The van der Waals surface area contributed by atoms with Gasteiger partial charge >= 0.3 is 0 Å². The molecule has 128 valence electrons. The van der Waals surface area contributed by atoms with E-state index in [0.29, 0.717) is 0 Å². The van der Waals surface area contributed by atoms with Gasteiger partial charge in [-0.3, -0.25) is 19.7 Å². The van der Waals surface area contributed by atoms with Gasteiger partial charge in [0.05, 0.1) is 23.0 Å². The highest BCUT2D eigenvalue weighted by atomic mass is 35.5. The van der Waals surface area contributed by atoms with Crippen molar-refractivity contribution in [2.75, 3.05) is 0 Å². The van der Waals surface area contributed by atoms with Crippen LogP contribution < -0.4 is 0 Å². The molecule has 0 N–H and O–H groups in total. The number of non-ortho nitro benzene ring substituents is 1. The molecule has 8 heteroatoms. The van der Waals surface area contributed by atoms with Gasteiger partial charge in [0.15, 0.2) is 0 Å². The topological polar surface area (TPSA) is 92.9 Å². The van der Waals surface area contributed by atoms with E-state index in [1.54, 1.807) is 0 Å². The Bertz CT molecular complexity index is 818. The number of hydrogen-bond donors (Lipinski definition) is 0. The van der Waals surface area contributed by atoms with Crippen molar-refractivity contribution < 1.29 is 14.5 Å². The van der Waals surface area contributed by atoms with E-state index in [9.17, 15) is 19.7 Å². The Morgan fingerprint density at radius 3 is 2.28 bits per heavy atom. The first-order valence-electron chi connectivity index (χ1n) is 8.01. The van der Waals surface area contributed by atoms with Gasteiger partial charge in [0.1, 0.15) is 0 Å². The minimum Gasteiger partial charge on any atom is -0.272 e. The molecule has 0 radical (unpaired) electrons. The molecule has 25 heavy (non-hydrogen) atoms. The number of carbonyl (C=O) groups is 2. The van der Waals surface area contributed by atoms with E-state index >= 15 is 0 Å². The summed E-state index contributed by atoms with van der Waals surface area (Å²) in [6.45, 7) is 0. The monoisotopic (exact) mass is 359 g/mol. The Morgan fingerprint density at radius 1 is 1.16 bits per heavy atom. The molecule has 2 amide bonds. The number of benzene rings is 1. The molecular formula is C17H14ClN3O4. The lowest BCUT2D eigenvalue weighted by atomic mass is 9.63. The lowest BCUT2D eigenvalue weighted by Crippen LogP contribution is -2.38. The first-order chi connectivity index (χ1) is 12.0. The molecule has 1 saturated heterocycles. The Balaban J connectivity index is 1.63. The first-order valence-corrected chi connectivity index (χ1v) is 8.39.